The van der Waals surface area contributed by atoms with E-state index in [1.165, 1.54) is 5.56 Å². The number of amides is 1. The summed E-state index contributed by atoms with van der Waals surface area (Å²) >= 11 is 0. The highest BCUT2D eigenvalue weighted by Gasteiger charge is 2.09. The Hall–Kier alpha value is -2.54. The number of hydrogen-bond donors (Lipinski definition) is 1. The number of aromatic nitrogens is 3. The number of nitrogens with zero attached hydrogens (tertiary/aromatic N) is 4. The van der Waals surface area contributed by atoms with Crippen molar-refractivity contribution in [2.75, 3.05) is 38.8 Å². The Morgan fingerprint density at radius 1 is 1.25 bits per heavy atom. The van der Waals surface area contributed by atoms with Gasteiger partial charge in [-0.1, -0.05) is 0 Å². The Kier molecular flexibility index (Phi) is 7.10. The van der Waals surface area contributed by atoms with Crippen molar-refractivity contribution in [3.05, 3.63) is 48.0 Å². The van der Waals surface area contributed by atoms with Crippen LogP contribution in [-0.4, -0.2) is 54.7 Å². The standard InChI is InChI=1S/C17H23N5O2/c1-22(10-6-14-4-8-18-9-5-14)17-20-12-15(13-21-17)16(23)19-7-3-11-24-2/h4-5,8-9,12-13H,3,6-7,10-11H2,1-2H3,(H,19,23). The van der Waals surface area contributed by atoms with Crippen molar-refractivity contribution in [2.24, 2.45) is 0 Å². The van der Waals surface area contributed by atoms with E-state index in [-0.39, 0.29) is 5.91 Å². The summed E-state index contributed by atoms with van der Waals surface area (Å²) in [6.07, 6.45) is 8.33. The first-order valence-electron chi connectivity index (χ1n) is 7.90. The fourth-order valence-electron chi connectivity index (χ4n) is 2.10. The quantitative estimate of drug-likeness (QED) is 0.699. The van der Waals surface area contributed by atoms with E-state index in [1.807, 2.05) is 24.1 Å². The lowest BCUT2D eigenvalue weighted by Gasteiger charge is -2.16. The Labute approximate surface area is 142 Å². The first-order valence-corrected chi connectivity index (χ1v) is 7.90. The van der Waals surface area contributed by atoms with E-state index in [4.69, 9.17) is 4.74 Å². The molecule has 0 aliphatic carbocycles. The number of hydrogen-bond acceptors (Lipinski definition) is 6. The molecule has 0 spiro atoms. The predicted molar refractivity (Wildman–Crippen MR) is 92.1 cm³/mol. The van der Waals surface area contributed by atoms with Crippen LogP contribution in [-0.2, 0) is 11.2 Å². The van der Waals surface area contributed by atoms with E-state index >= 15 is 0 Å². The number of rotatable bonds is 9. The lowest BCUT2D eigenvalue weighted by Crippen LogP contribution is -2.26. The van der Waals surface area contributed by atoms with Gasteiger partial charge in [-0.3, -0.25) is 9.78 Å². The van der Waals surface area contributed by atoms with Crippen molar-refractivity contribution in [3.63, 3.8) is 0 Å². The molecule has 0 unspecified atom stereocenters. The summed E-state index contributed by atoms with van der Waals surface area (Å²) < 4.78 is 4.94. The van der Waals surface area contributed by atoms with Crippen LogP contribution in [0.5, 0.6) is 0 Å². The Morgan fingerprint density at radius 3 is 2.62 bits per heavy atom. The number of carbonyl (C=O) groups excluding carboxylic acids is 1. The molecule has 2 rings (SSSR count). The molecule has 128 valence electrons. The minimum absolute atomic E-state index is 0.169. The van der Waals surface area contributed by atoms with E-state index in [1.54, 1.807) is 31.9 Å². The van der Waals surface area contributed by atoms with E-state index in [0.29, 0.717) is 24.7 Å². The molecule has 0 bridgehead atoms. The molecule has 0 fully saturated rings. The zero-order chi connectivity index (χ0) is 17.2. The fourth-order valence-corrected chi connectivity index (χ4v) is 2.10. The minimum atomic E-state index is -0.169. The van der Waals surface area contributed by atoms with Crippen LogP contribution in [0.25, 0.3) is 0 Å². The zero-order valence-electron chi connectivity index (χ0n) is 14.1. The second-order valence-corrected chi connectivity index (χ2v) is 5.40. The zero-order valence-corrected chi connectivity index (χ0v) is 14.1. The van der Waals surface area contributed by atoms with Gasteiger partial charge in [-0.05, 0) is 30.5 Å². The highest BCUT2D eigenvalue weighted by Crippen LogP contribution is 2.07. The third kappa shape index (κ3) is 5.58. The third-order valence-electron chi connectivity index (χ3n) is 3.54. The molecule has 0 saturated heterocycles. The number of carbonyl (C=O) groups is 1. The summed E-state index contributed by atoms with van der Waals surface area (Å²) in [4.78, 5) is 26.5. The van der Waals surface area contributed by atoms with E-state index < -0.39 is 0 Å². The summed E-state index contributed by atoms with van der Waals surface area (Å²) in [7, 11) is 3.57. The average molecular weight is 329 g/mol. The van der Waals surface area contributed by atoms with E-state index in [2.05, 4.69) is 20.3 Å². The number of nitrogens with one attached hydrogen (secondary N) is 1. The van der Waals surface area contributed by atoms with Crippen LogP contribution in [0, 0.1) is 0 Å². The van der Waals surface area contributed by atoms with Gasteiger partial charge in [0.2, 0.25) is 5.95 Å². The molecule has 1 amide bonds. The number of methoxy groups -OCH3 is 1. The summed E-state index contributed by atoms with van der Waals surface area (Å²) in [6.45, 7) is 1.98. The Balaban J connectivity index is 1.83. The van der Waals surface area contributed by atoms with Crippen LogP contribution in [0.4, 0.5) is 5.95 Å². The molecule has 0 aliphatic heterocycles. The van der Waals surface area contributed by atoms with Crippen LogP contribution >= 0.6 is 0 Å². The van der Waals surface area contributed by atoms with Gasteiger partial charge in [-0.25, -0.2) is 9.97 Å². The molecule has 7 heteroatoms. The third-order valence-corrected chi connectivity index (χ3v) is 3.54. The van der Waals surface area contributed by atoms with Crippen molar-refractivity contribution in [1.29, 1.82) is 0 Å². The first kappa shape index (κ1) is 17.8. The number of likely N-dealkylation sites (N-methyl/N-ethyl adjacent to an activating group) is 1. The molecular weight excluding hydrogens is 306 g/mol. The van der Waals surface area contributed by atoms with Crippen LogP contribution in [0.3, 0.4) is 0 Å². The first-order chi connectivity index (χ1) is 11.7. The maximum absolute atomic E-state index is 11.9. The van der Waals surface area contributed by atoms with Crippen LogP contribution in [0.15, 0.2) is 36.9 Å². The molecule has 0 radical (unpaired) electrons. The minimum Gasteiger partial charge on any atom is -0.385 e. The molecular formula is C17H23N5O2. The van der Waals surface area contributed by atoms with Crippen LogP contribution < -0.4 is 10.2 Å². The second-order valence-electron chi connectivity index (χ2n) is 5.40. The van der Waals surface area contributed by atoms with E-state index in [0.717, 1.165) is 19.4 Å². The maximum Gasteiger partial charge on any atom is 0.254 e. The summed E-state index contributed by atoms with van der Waals surface area (Å²) in [6, 6.07) is 3.98. The summed E-state index contributed by atoms with van der Waals surface area (Å²) in [5.74, 6) is 0.428. The molecule has 0 saturated carbocycles. The van der Waals surface area contributed by atoms with Crippen molar-refractivity contribution < 1.29 is 9.53 Å². The highest BCUT2D eigenvalue weighted by molar-refractivity contribution is 5.93. The molecule has 0 aliphatic rings. The molecule has 0 aromatic carbocycles. The lowest BCUT2D eigenvalue weighted by atomic mass is 10.2. The average Bonchev–Trinajstić information content (AvgIpc) is 2.64. The predicted octanol–water partition coefficient (Wildman–Crippen LogP) is 1.32. The SMILES string of the molecule is COCCCNC(=O)c1cnc(N(C)CCc2ccncc2)nc1. The molecule has 24 heavy (non-hydrogen) atoms. The van der Waals surface area contributed by atoms with Gasteiger partial charge < -0.3 is 15.0 Å². The van der Waals surface area contributed by atoms with E-state index in [9.17, 15) is 4.79 Å². The number of pyridine rings is 1. The second kappa shape index (κ2) is 9.57. The fraction of sp³-hybridized carbons (Fsp3) is 0.412. The lowest BCUT2D eigenvalue weighted by molar-refractivity contribution is 0.0948. The van der Waals surface area contributed by atoms with Crippen LogP contribution in [0.1, 0.15) is 22.3 Å². The van der Waals surface area contributed by atoms with Crippen molar-refractivity contribution in [3.8, 4) is 0 Å². The largest absolute Gasteiger partial charge is 0.385 e. The smallest absolute Gasteiger partial charge is 0.254 e. The van der Waals surface area contributed by atoms with Gasteiger partial charge in [-0.2, -0.15) is 0 Å². The maximum atomic E-state index is 11.9. The van der Waals surface area contributed by atoms with Crippen LogP contribution in [0.2, 0.25) is 0 Å². The molecule has 7 nitrogen and oxygen atoms in total. The molecule has 2 aromatic heterocycles. The Bertz CT molecular complexity index is 619. The van der Waals surface area contributed by atoms with Crippen molar-refractivity contribution in [1.82, 2.24) is 20.3 Å². The van der Waals surface area contributed by atoms with Gasteiger partial charge in [0.25, 0.3) is 5.91 Å². The van der Waals surface area contributed by atoms with Crippen molar-refractivity contribution >= 4 is 11.9 Å². The summed E-state index contributed by atoms with van der Waals surface area (Å²) in [5.41, 5.74) is 1.67. The van der Waals surface area contributed by atoms with Gasteiger partial charge in [0.05, 0.1) is 5.56 Å². The topological polar surface area (TPSA) is 80.2 Å². The molecule has 0 atom stereocenters. The van der Waals surface area contributed by atoms with Gasteiger partial charge in [0.15, 0.2) is 0 Å². The number of anilines is 1. The summed E-state index contributed by atoms with van der Waals surface area (Å²) in [5, 5.41) is 2.81. The van der Waals surface area contributed by atoms with Crippen molar-refractivity contribution in [2.45, 2.75) is 12.8 Å². The normalized spacial score (nSPS) is 10.4. The molecule has 2 aromatic rings. The monoisotopic (exact) mass is 329 g/mol. The number of ether oxygens (including phenoxy) is 1. The van der Waals surface area contributed by atoms with Gasteiger partial charge in [0.1, 0.15) is 0 Å². The Morgan fingerprint density at radius 2 is 1.96 bits per heavy atom. The van der Waals surface area contributed by atoms with Gasteiger partial charge >= 0.3 is 0 Å². The van der Waals surface area contributed by atoms with Gasteiger partial charge in [0, 0.05) is 58.6 Å². The highest BCUT2D eigenvalue weighted by atomic mass is 16.5. The van der Waals surface area contributed by atoms with Gasteiger partial charge in [-0.15, -0.1) is 0 Å². The molecule has 2 heterocycles. The molecule has 1 N–H and O–H groups in total.